The lowest BCUT2D eigenvalue weighted by Gasteiger charge is -2.76. The molecule has 168 valence electrons. The van der Waals surface area contributed by atoms with Crippen molar-refractivity contribution in [2.24, 2.45) is 5.41 Å². The van der Waals surface area contributed by atoms with Crippen molar-refractivity contribution in [3.63, 3.8) is 0 Å². The Bertz CT molecular complexity index is 1130. The van der Waals surface area contributed by atoms with Gasteiger partial charge >= 0.3 is 0 Å². The van der Waals surface area contributed by atoms with E-state index in [1.54, 1.807) is 7.11 Å². The lowest BCUT2D eigenvalue weighted by atomic mass is 9.28. The van der Waals surface area contributed by atoms with Gasteiger partial charge in [-0.15, -0.1) is 5.10 Å². The molecule has 3 aliphatic rings. The second-order valence-corrected chi connectivity index (χ2v) is 9.31. The number of nitrogens with zero attached hydrogens (tertiary/aromatic N) is 4. The zero-order valence-corrected chi connectivity index (χ0v) is 17.7. The molecule has 2 bridgehead atoms. The first-order valence-corrected chi connectivity index (χ1v) is 10.4. The fourth-order valence-corrected chi connectivity index (χ4v) is 5.77. The van der Waals surface area contributed by atoms with Crippen molar-refractivity contribution < 1.29 is 23.0 Å². The Kier molecular flexibility index (Phi) is 4.43. The molecule has 2 aromatic carbocycles. The van der Waals surface area contributed by atoms with E-state index in [1.807, 2.05) is 24.3 Å². The topological polar surface area (TPSA) is 73.1 Å². The number of benzene rings is 2. The van der Waals surface area contributed by atoms with Crippen LogP contribution in [0.1, 0.15) is 37.3 Å². The predicted octanol–water partition coefficient (Wildman–Crippen LogP) is 3.70. The molecule has 1 heterocycles. The van der Waals surface area contributed by atoms with Gasteiger partial charge in [0.2, 0.25) is 0 Å². The summed E-state index contributed by atoms with van der Waals surface area (Å²) in [5, 5.41) is 22.5. The third kappa shape index (κ3) is 2.73. The molecule has 3 aliphatic carbocycles. The van der Waals surface area contributed by atoms with Crippen LogP contribution in [0, 0.1) is 17.0 Å². The van der Waals surface area contributed by atoms with Gasteiger partial charge in [0.05, 0.1) is 13.7 Å². The summed E-state index contributed by atoms with van der Waals surface area (Å²) in [7, 11) is 1.60. The van der Waals surface area contributed by atoms with Gasteiger partial charge in [-0.1, -0.05) is 18.2 Å². The Labute approximate surface area is 183 Å². The summed E-state index contributed by atoms with van der Waals surface area (Å²) in [6.07, 6.45) is 2.77. The highest BCUT2D eigenvalue weighted by atomic mass is 19.1. The molecule has 3 aromatic rings. The van der Waals surface area contributed by atoms with Gasteiger partial charge < -0.3 is 9.84 Å². The van der Waals surface area contributed by atoms with E-state index < -0.39 is 34.9 Å². The van der Waals surface area contributed by atoms with E-state index in [2.05, 4.69) is 15.5 Å². The Hall–Kier alpha value is -2.94. The zero-order chi connectivity index (χ0) is 22.8. The monoisotopic (exact) mass is 444 g/mol. The van der Waals surface area contributed by atoms with Gasteiger partial charge in [-0.3, -0.25) is 0 Å². The van der Waals surface area contributed by atoms with Gasteiger partial charge in [-0.05, 0) is 65.8 Å². The second kappa shape index (κ2) is 6.78. The van der Waals surface area contributed by atoms with Crippen molar-refractivity contribution >= 4 is 0 Å². The smallest absolute Gasteiger partial charge is 0.148 e. The van der Waals surface area contributed by atoms with Crippen LogP contribution in [0.15, 0.2) is 48.8 Å². The molecule has 0 saturated heterocycles. The standard InChI is InChI=1S/C23H23F3N4O2/c1-20(26,22-10-21(11-22,12-22)15-3-6-17(32-2)7-4-15)23(31,13-30-14-27-28-29-30)18-8-5-16(24)9-19(18)25/h3-9,14,31H,10-13H2,1-2H3. The van der Waals surface area contributed by atoms with E-state index in [9.17, 15) is 13.9 Å². The highest BCUT2D eigenvalue weighted by molar-refractivity contribution is 5.45. The normalized spacial score (nSPS) is 27.6. The van der Waals surface area contributed by atoms with Crippen LogP contribution in [0.3, 0.4) is 0 Å². The van der Waals surface area contributed by atoms with E-state index >= 15 is 4.39 Å². The number of ether oxygens (including phenoxy) is 1. The number of aromatic nitrogens is 4. The molecule has 2 unspecified atom stereocenters. The molecule has 0 aliphatic heterocycles. The van der Waals surface area contributed by atoms with Gasteiger partial charge in [-0.2, -0.15) is 0 Å². The third-order valence-corrected chi connectivity index (χ3v) is 7.66. The molecular formula is C23H23F3N4O2. The van der Waals surface area contributed by atoms with E-state index in [0.717, 1.165) is 28.1 Å². The summed E-state index contributed by atoms with van der Waals surface area (Å²) in [6, 6.07) is 10.5. The van der Waals surface area contributed by atoms with Gasteiger partial charge in [0, 0.05) is 17.0 Å². The summed E-state index contributed by atoms with van der Waals surface area (Å²) in [5.74, 6) is -1.07. The summed E-state index contributed by atoms with van der Waals surface area (Å²) in [5.41, 5.74) is -4.80. The second-order valence-electron chi connectivity index (χ2n) is 9.31. The predicted molar refractivity (Wildman–Crippen MR) is 109 cm³/mol. The van der Waals surface area contributed by atoms with Crippen LogP contribution < -0.4 is 4.74 Å². The molecule has 3 fully saturated rings. The summed E-state index contributed by atoms with van der Waals surface area (Å²) in [4.78, 5) is 0. The Morgan fingerprint density at radius 3 is 2.38 bits per heavy atom. The number of rotatable bonds is 7. The third-order valence-electron chi connectivity index (χ3n) is 7.66. The molecule has 9 heteroatoms. The number of methoxy groups -OCH3 is 1. The molecule has 0 radical (unpaired) electrons. The van der Waals surface area contributed by atoms with Crippen LogP contribution in [-0.2, 0) is 17.6 Å². The lowest BCUT2D eigenvalue weighted by Crippen LogP contribution is -2.76. The van der Waals surface area contributed by atoms with Crippen LogP contribution >= 0.6 is 0 Å². The van der Waals surface area contributed by atoms with Crippen molar-refractivity contribution in [3.05, 3.63) is 71.6 Å². The molecule has 1 N–H and O–H groups in total. The molecule has 3 saturated carbocycles. The van der Waals surface area contributed by atoms with Crippen LogP contribution in [0.25, 0.3) is 0 Å². The average molecular weight is 444 g/mol. The first kappa shape index (κ1) is 20.9. The minimum atomic E-state index is -2.31. The molecule has 6 nitrogen and oxygen atoms in total. The zero-order valence-electron chi connectivity index (χ0n) is 17.7. The van der Waals surface area contributed by atoms with Gasteiger partial charge in [0.15, 0.2) is 0 Å². The van der Waals surface area contributed by atoms with Crippen molar-refractivity contribution in [1.29, 1.82) is 0 Å². The van der Waals surface area contributed by atoms with E-state index in [1.165, 1.54) is 13.3 Å². The number of tetrazole rings is 1. The molecule has 0 amide bonds. The number of aliphatic hydroxyl groups is 1. The SMILES string of the molecule is COc1ccc(C23CC(C(C)(F)C(O)(Cn4cnnn4)c4ccc(F)cc4F)(C2)C3)cc1. The number of alkyl halides is 1. The number of hydrogen-bond acceptors (Lipinski definition) is 5. The highest BCUT2D eigenvalue weighted by Crippen LogP contribution is 2.80. The van der Waals surface area contributed by atoms with Crippen LogP contribution in [0.4, 0.5) is 13.2 Å². The van der Waals surface area contributed by atoms with Crippen LogP contribution in [-0.4, -0.2) is 38.1 Å². The van der Waals surface area contributed by atoms with Crippen molar-refractivity contribution in [1.82, 2.24) is 20.2 Å². The van der Waals surface area contributed by atoms with Crippen LogP contribution in [0.5, 0.6) is 5.75 Å². The minimum Gasteiger partial charge on any atom is -0.497 e. The summed E-state index contributed by atoms with van der Waals surface area (Å²) in [6.45, 7) is 0.893. The fraction of sp³-hybridized carbons (Fsp3) is 0.435. The Morgan fingerprint density at radius 1 is 1.12 bits per heavy atom. The maximum Gasteiger partial charge on any atom is 0.148 e. The van der Waals surface area contributed by atoms with E-state index in [4.69, 9.17) is 4.74 Å². The number of halogens is 3. The lowest BCUT2D eigenvalue weighted by molar-refractivity contribution is -0.289. The molecular weight excluding hydrogens is 421 g/mol. The Balaban J connectivity index is 1.49. The van der Waals surface area contributed by atoms with Crippen molar-refractivity contribution in [3.8, 4) is 5.75 Å². The molecule has 0 spiro atoms. The summed E-state index contributed by atoms with van der Waals surface area (Å²) < 4.78 is 51.5. The average Bonchev–Trinajstić information content (AvgIpc) is 3.18. The minimum absolute atomic E-state index is 0.170. The maximum absolute atomic E-state index is 16.8. The quantitative estimate of drug-likeness (QED) is 0.602. The molecule has 1 aromatic heterocycles. The fourth-order valence-electron chi connectivity index (χ4n) is 5.77. The highest BCUT2D eigenvalue weighted by Gasteiger charge is 2.79. The largest absolute Gasteiger partial charge is 0.497 e. The van der Waals surface area contributed by atoms with Crippen LogP contribution in [0.2, 0.25) is 0 Å². The number of hydrogen-bond donors (Lipinski definition) is 1. The van der Waals surface area contributed by atoms with Crippen molar-refractivity contribution in [2.75, 3.05) is 7.11 Å². The van der Waals surface area contributed by atoms with Gasteiger partial charge in [0.1, 0.15) is 35.0 Å². The first-order chi connectivity index (χ1) is 15.1. The maximum atomic E-state index is 16.8. The van der Waals surface area contributed by atoms with Gasteiger partial charge in [-0.25, -0.2) is 17.9 Å². The van der Waals surface area contributed by atoms with E-state index in [0.29, 0.717) is 25.3 Å². The molecule has 32 heavy (non-hydrogen) atoms. The van der Waals surface area contributed by atoms with Gasteiger partial charge in [0.25, 0.3) is 0 Å². The molecule has 6 rings (SSSR count). The molecule has 2 atom stereocenters. The Morgan fingerprint density at radius 2 is 1.81 bits per heavy atom. The summed E-state index contributed by atoms with van der Waals surface area (Å²) >= 11 is 0. The first-order valence-electron chi connectivity index (χ1n) is 10.4. The van der Waals surface area contributed by atoms with Crippen molar-refractivity contribution in [2.45, 2.75) is 49.4 Å². The van der Waals surface area contributed by atoms with E-state index in [-0.39, 0.29) is 11.0 Å².